The van der Waals surface area contributed by atoms with Gasteiger partial charge in [-0.1, -0.05) is 19.1 Å². The Kier molecular flexibility index (Phi) is 6.26. The Hall–Kier alpha value is -0.240. The van der Waals surface area contributed by atoms with Crippen LogP contribution in [0, 0.1) is 0 Å². The molecule has 0 heterocycles. The van der Waals surface area contributed by atoms with Crippen LogP contribution in [0.25, 0.3) is 0 Å². The van der Waals surface area contributed by atoms with Gasteiger partial charge < -0.3 is 10.5 Å². The fourth-order valence-corrected chi connectivity index (χ4v) is 2.51. The van der Waals surface area contributed by atoms with Gasteiger partial charge in [0.1, 0.15) is 5.25 Å². The van der Waals surface area contributed by atoms with Gasteiger partial charge in [0.15, 0.2) is 0 Å². The molecule has 5 nitrogen and oxygen atoms in total. The summed E-state index contributed by atoms with van der Waals surface area (Å²) in [7, 11) is -1.97. The molecule has 2 atom stereocenters. The van der Waals surface area contributed by atoms with Crippen molar-refractivity contribution in [2.24, 2.45) is 5.73 Å². The number of sulfonamides is 1. The van der Waals surface area contributed by atoms with E-state index in [2.05, 4.69) is 16.9 Å². The smallest absolute Gasteiger partial charge is 0.221 e. The Morgan fingerprint density at radius 1 is 1.60 bits per heavy atom. The molecule has 0 aromatic carbocycles. The van der Waals surface area contributed by atoms with Gasteiger partial charge in [-0.3, -0.25) is 0 Å². The van der Waals surface area contributed by atoms with Crippen LogP contribution >= 0.6 is 12.2 Å². The molecule has 0 saturated heterocycles. The Morgan fingerprint density at radius 2 is 2.13 bits per heavy atom. The minimum absolute atomic E-state index is 0.0326. The molecule has 0 aliphatic rings. The van der Waals surface area contributed by atoms with Gasteiger partial charge >= 0.3 is 0 Å². The zero-order chi connectivity index (χ0) is 12.1. The fourth-order valence-electron chi connectivity index (χ4n) is 0.924. The second-order valence-corrected chi connectivity index (χ2v) is 5.77. The third kappa shape index (κ3) is 4.87. The van der Waals surface area contributed by atoms with E-state index in [1.807, 2.05) is 6.92 Å². The molecule has 0 aliphatic carbocycles. The zero-order valence-corrected chi connectivity index (χ0v) is 10.8. The van der Waals surface area contributed by atoms with Gasteiger partial charge in [0.05, 0.1) is 11.6 Å². The minimum Gasteiger partial charge on any atom is -0.392 e. The van der Waals surface area contributed by atoms with Crippen molar-refractivity contribution in [1.82, 2.24) is 4.72 Å². The Morgan fingerprint density at radius 3 is 2.47 bits per heavy atom. The number of nitrogens with two attached hydrogens (primary N) is 1. The highest BCUT2D eigenvalue weighted by molar-refractivity contribution is 7.93. The second kappa shape index (κ2) is 6.37. The molecule has 2 unspecified atom stereocenters. The number of hydrogen-bond acceptors (Lipinski definition) is 4. The lowest BCUT2D eigenvalue weighted by Gasteiger charge is -2.19. The lowest BCUT2D eigenvalue weighted by molar-refractivity contribution is 0.173. The van der Waals surface area contributed by atoms with E-state index in [1.165, 1.54) is 14.0 Å². The molecule has 0 spiro atoms. The second-order valence-electron chi connectivity index (χ2n) is 3.27. The molecule has 15 heavy (non-hydrogen) atoms. The van der Waals surface area contributed by atoms with E-state index >= 15 is 0 Å². The maximum absolute atomic E-state index is 11.7. The van der Waals surface area contributed by atoms with E-state index in [0.717, 1.165) is 0 Å². The SMILES string of the molecule is CCC(COC)NS(=O)(=O)C(C)C(N)=S. The van der Waals surface area contributed by atoms with Gasteiger partial charge in [-0.05, 0) is 13.3 Å². The molecule has 0 aliphatic heterocycles. The number of thiocarbonyl (C=S) groups is 1. The van der Waals surface area contributed by atoms with E-state index < -0.39 is 15.3 Å². The van der Waals surface area contributed by atoms with Gasteiger partial charge in [0, 0.05) is 13.2 Å². The van der Waals surface area contributed by atoms with Gasteiger partial charge in [0.25, 0.3) is 0 Å². The van der Waals surface area contributed by atoms with Crippen LogP contribution in [0.3, 0.4) is 0 Å². The van der Waals surface area contributed by atoms with Crippen molar-refractivity contribution >= 4 is 27.2 Å². The summed E-state index contributed by atoms with van der Waals surface area (Å²) in [6.45, 7) is 3.67. The van der Waals surface area contributed by atoms with Crippen molar-refractivity contribution in [3.05, 3.63) is 0 Å². The number of rotatable bonds is 7. The number of methoxy groups -OCH3 is 1. The monoisotopic (exact) mass is 254 g/mol. The molecule has 90 valence electrons. The summed E-state index contributed by atoms with van der Waals surface area (Å²) in [4.78, 5) is -0.0326. The molecular formula is C8H18N2O3S2. The van der Waals surface area contributed by atoms with Crippen LogP contribution in [-0.4, -0.2) is 38.4 Å². The summed E-state index contributed by atoms with van der Waals surface area (Å²) in [5.41, 5.74) is 5.29. The van der Waals surface area contributed by atoms with Crippen LogP contribution in [0.2, 0.25) is 0 Å². The summed E-state index contributed by atoms with van der Waals surface area (Å²) < 4.78 is 30.8. The molecule has 0 fully saturated rings. The highest BCUT2D eigenvalue weighted by Gasteiger charge is 2.25. The quantitative estimate of drug-likeness (QED) is 0.625. The highest BCUT2D eigenvalue weighted by Crippen LogP contribution is 2.02. The first kappa shape index (κ1) is 14.8. The topological polar surface area (TPSA) is 81.4 Å². The van der Waals surface area contributed by atoms with Crippen LogP contribution in [0.15, 0.2) is 0 Å². The average molecular weight is 254 g/mol. The molecule has 0 aromatic rings. The molecule has 0 bridgehead atoms. The molecule has 0 amide bonds. The van der Waals surface area contributed by atoms with Crippen molar-refractivity contribution in [1.29, 1.82) is 0 Å². The molecule has 0 aromatic heterocycles. The Labute approximate surface area is 96.4 Å². The number of ether oxygens (including phenoxy) is 1. The first-order chi connectivity index (χ1) is 6.85. The van der Waals surface area contributed by atoms with Crippen LogP contribution < -0.4 is 10.5 Å². The highest BCUT2D eigenvalue weighted by atomic mass is 32.2. The standard InChI is InChI=1S/C8H18N2O3S2/c1-4-7(5-13-3)10-15(11,12)6(2)8(9)14/h6-7,10H,4-5H2,1-3H3,(H2,9,14). The largest absolute Gasteiger partial charge is 0.392 e. The summed E-state index contributed by atoms with van der Waals surface area (Å²) >= 11 is 4.65. The van der Waals surface area contributed by atoms with Crippen molar-refractivity contribution < 1.29 is 13.2 Å². The van der Waals surface area contributed by atoms with Crippen LogP contribution in [0.5, 0.6) is 0 Å². The van der Waals surface area contributed by atoms with Gasteiger partial charge in [-0.25, -0.2) is 13.1 Å². The van der Waals surface area contributed by atoms with E-state index in [0.29, 0.717) is 13.0 Å². The maximum atomic E-state index is 11.7. The van der Waals surface area contributed by atoms with E-state index in [9.17, 15) is 8.42 Å². The predicted octanol–water partition coefficient (Wildman–Crippen LogP) is 0.00540. The summed E-state index contributed by atoms with van der Waals surface area (Å²) in [6.07, 6.45) is 0.650. The normalized spacial score (nSPS) is 15.9. The molecular weight excluding hydrogens is 236 g/mol. The van der Waals surface area contributed by atoms with Crippen molar-refractivity contribution in [3.8, 4) is 0 Å². The lowest BCUT2D eigenvalue weighted by atomic mass is 10.3. The predicted molar refractivity (Wildman–Crippen MR) is 64.3 cm³/mol. The third-order valence-electron chi connectivity index (χ3n) is 2.06. The average Bonchev–Trinajstić information content (AvgIpc) is 2.15. The van der Waals surface area contributed by atoms with Crippen LogP contribution in [-0.2, 0) is 14.8 Å². The first-order valence-electron chi connectivity index (χ1n) is 4.64. The van der Waals surface area contributed by atoms with Crippen molar-refractivity contribution in [2.75, 3.05) is 13.7 Å². The third-order valence-corrected chi connectivity index (χ3v) is 4.41. The molecule has 0 rings (SSSR count). The molecule has 3 N–H and O–H groups in total. The molecule has 0 radical (unpaired) electrons. The van der Waals surface area contributed by atoms with E-state index in [4.69, 9.17) is 10.5 Å². The lowest BCUT2D eigenvalue weighted by Crippen LogP contribution is -2.45. The van der Waals surface area contributed by atoms with Gasteiger partial charge in [-0.2, -0.15) is 0 Å². The summed E-state index contributed by atoms with van der Waals surface area (Å²) in [5, 5.41) is -0.863. The van der Waals surface area contributed by atoms with E-state index in [1.54, 1.807) is 0 Å². The summed E-state index contributed by atoms with van der Waals surface area (Å²) in [5.74, 6) is 0. The van der Waals surface area contributed by atoms with Crippen LogP contribution in [0.4, 0.5) is 0 Å². The number of hydrogen-bond donors (Lipinski definition) is 2. The Bertz CT molecular complexity index is 303. The molecule has 0 saturated carbocycles. The van der Waals surface area contributed by atoms with E-state index in [-0.39, 0.29) is 11.0 Å². The van der Waals surface area contributed by atoms with Gasteiger partial charge in [-0.15, -0.1) is 0 Å². The minimum atomic E-state index is -3.49. The van der Waals surface area contributed by atoms with Crippen LogP contribution in [0.1, 0.15) is 20.3 Å². The van der Waals surface area contributed by atoms with Crippen molar-refractivity contribution in [3.63, 3.8) is 0 Å². The summed E-state index contributed by atoms with van der Waals surface area (Å²) in [6, 6.07) is -0.239. The van der Waals surface area contributed by atoms with Crippen molar-refractivity contribution in [2.45, 2.75) is 31.6 Å². The maximum Gasteiger partial charge on any atom is 0.221 e. The molecule has 7 heteroatoms. The number of nitrogens with one attached hydrogen (secondary N) is 1. The first-order valence-corrected chi connectivity index (χ1v) is 6.60. The Balaban J connectivity index is 4.55. The van der Waals surface area contributed by atoms with Gasteiger partial charge in [0.2, 0.25) is 10.0 Å². The fraction of sp³-hybridized carbons (Fsp3) is 0.875. The zero-order valence-electron chi connectivity index (χ0n) is 9.19.